The van der Waals surface area contributed by atoms with E-state index in [9.17, 15) is 9.59 Å². The maximum atomic E-state index is 12.0. The van der Waals surface area contributed by atoms with Gasteiger partial charge in [-0.15, -0.1) is 0 Å². The first-order valence-corrected chi connectivity index (χ1v) is 7.94. The summed E-state index contributed by atoms with van der Waals surface area (Å²) < 4.78 is 12.6. The van der Waals surface area contributed by atoms with Gasteiger partial charge >= 0.3 is 11.4 Å². The quantitative estimate of drug-likeness (QED) is 0.678. The van der Waals surface area contributed by atoms with Gasteiger partial charge in [-0.2, -0.15) is 0 Å². The standard InChI is InChI=1S/C16H11BrClNO4/c17-10-4-6-11(7-5-10)22-9-8-19-14-12(2-1-3-13(14)18)15(20)23-16(19)21/h1-7H,8-9H2. The van der Waals surface area contributed by atoms with Crippen LogP contribution in [0.4, 0.5) is 0 Å². The van der Waals surface area contributed by atoms with Crippen molar-refractivity contribution in [2.75, 3.05) is 6.61 Å². The van der Waals surface area contributed by atoms with E-state index in [0.717, 1.165) is 4.47 Å². The summed E-state index contributed by atoms with van der Waals surface area (Å²) in [5.74, 6) is -0.0796. The van der Waals surface area contributed by atoms with Gasteiger partial charge in [-0.25, -0.2) is 9.59 Å². The summed E-state index contributed by atoms with van der Waals surface area (Å²) in [7, 11) is 0. The molecule has 0 spiro atoms. The fraction of sp³-hybridized carbons (Fsp3) is 0.125. The Kier molecular flexibility index (Phi) is 4.54. The van der Waals surface area contributed by atoms with Gasteiger partial charge in [-0.1, -0.05) is 33.6 Å². The molecule has 0 aliphatic heterocycles. The minimum atomic E-state index is -0.755. The van der Waals surface area contributed by atoms with Crippen molar-refractivity contribution in [2.45, 2.75) is 6.54 Å². The van der Waals surface area contributed by atoms with Crippen LogP contribution in [0.1, 0.15) is 0 Å². The molecule has 0 saturated heterocycles. The first kappa shape index (κ1) is 15.8. The van der Waals surface area contributed by atoms with Crippen LogP contribution in [-0.2, 0) is 6.54 Å². The lowest BCUT2D eigenvalue weighted by atomic mass is 10.2. The monoisotopic (exact) mass is 395 g/mol. The molecule has 0 radical (unpaired) electrons. The second kappa shape index (κ2) is 6.60. The van der Waals surface area contributed by atoms with Gasteiger partial charge in [0.1, 0.15) is 12.4 Å². The molecule has 0 fully saturated rings. The number of ether oxygens (including phenoxy) is 1. The normalized spacial score (nSPS) is 10.9. The number of benzene rings is 2. The average Bonchev–Trinajstić information content (AvgIpc) is 2.53. The smallest absolute Gasteiger partial charge is 0.422 e. The minimum absolute atomic E-state index is 0.207. The largest absolute Gasteiger partial charge is 0.492 e. The predicted molar refractivity (Wildman–Crippen MR) is 91.4 cm³/mol. The molecule has 118 valence electrons. The molecule has 0 saturated carbocycles. The van der Waals surface area contributed by atoms with Crippen LogP contribution >= 0.6 is 27.5 Å². The third-order valence-corrected chi connectivity index (χ3v) is 4.11. The van der Waals surface area contributed by atoms with Gasteiger partial charge in [0.25, 0.3) is 0 Å². The molecular weight excluding hydrogens is 386 g/mol. The van der Waals surface area contributed by atoms with Gasteiger partial charge in [0.05, 0.1) is 22.5 Å². The number of rotatable bonds is 4. The fourth-order valence-corrected chi connectivity index (χ4v) is 2.76. The number of hydrogen-bond acceptors (Lipinski definition) is 4. The molecule has 23 heavy (non-hydrogen) atoms. The highest BCUT2D eigenvalue weighted by Gasteiger charge is 2.12. The van der Waals surface area contributed by atoms with Crippen LogP contribution < -0.4 is 16.1 Å². The lowest BCUT2D eigenvalue weighted by molar-refractivity contribution is 0.287. The molecule has 0 bridgehead atoms. The van der Waals surface area contributed by atoms with Gasteiger partial charge in [-0.3, -0.25) is 4.57 Å². The number of aromatic nitrogens is 1. The van der Waals surface area contributed by atoms with E-state index in [-0.39, 0.29) is 18.5 Å². The summed E-state index contributed by atoms with van der Waals surface area (Å²) in [6.45, 7) is 0.439. The second-order valence-electron chi connectivity index (χ2n) is 4.75. The summed E-state index contributed by atoms with van der Waals surface area (Å²) in [5.41, 5.74) is -0.340. The molecule has 0 atom stereocenters. The van der Waals surface area contributed by atoms with E-state index in [0.29, 0.717) is 16.3 Å². The van der Waals surface area contributed by atoms with E-state index in [1.54, 1.807) is 18.2 Å². The Morgan fingerprint density at radius 1 is 1.13 bits per heavy atom. The van der Waals surface area contributed by atoms with Crippen molar-refractivity contribution in [3.05, 3.63) is 72.9 Å². The number of nitrogens with zero attached hydrogens (tertiary/aromatic N) is 1. The molecule has 0 N–H and O–H groups in total. The van der Waals surface area contributed by atoms with Crippen LogP contribution in [0, 0.1) is 0 Å². The third kappa shape index (κ3) is 3.33. The molecule has 5 nitrogen and oxygen atoms in total. The third-order valence-electron chi connectivity index (χ3n) is 3.27. The van der Waals surface area contributed by atoms with Crippen molar-refractivity contribution in [1.29, 1.82) is 0 Å². The lowest BCUT2D eigenvalue weighted by Crippen LogP contribution is -2.27. The SMILES string of the molecule is O=c1oc(=O)n(CCOc2ccc(Br)cc2)c2c(Cl)cccc12. The molecule has 7 heteroatoms. The zero-order chi connectivity index (χ0) is 16.4. The van der Waals surface area contributed by atoms with Crippen LogP contribution in [0.5, 0.6) is 5.75 Å². The Morgan fingerprint density at radius 2 is 1.87 bits per heavy atom. The average molecular weight is 397 g/mol. The van der Waals surface area contributed by atoms with Crippen molar-refractivity contribution >= 4 is 38.4 Å². The van der Waals surface area contributed by atoms with Crippen LogP contribution in [0.3, 0.4) is 0 Å². The maximum Gasteiger partial charge on any atom is 0.422 e. The lowest BCUT2D eigenvalue weighted by Gasteiger charge is -2.11. The van der Waals surface area contributed by atoms with Gasteiger partial charge in [0.15, 0.2) is 0 Å². The van der Waals surface area contributed by atoms with Crippen LogP contribution in [0.25, 0.3) is 10.9 Å². The summed E-state index contributed by atoms with van der Waals surface area (Å²) in [4.78, 5) is 23.7. The molecular formula is C16H11BrClNO4. The predicted octanol–water partition coefficient (Wildman–Crippen LogP) is 3.45. The highest BCUT2D eigenvalue weighted by Crippen LogP contribution is 2.20. The number of halogens is 2. The summed E-state index contributed by atoms with van der Waals surface area (Å²) >= 11 is 9.48. The van der Waals surface area contributed by atoms with Gasteiger partial charge in [0, 0.05) is 4.47 Å². The van der Waals surface area contributed by atoms with Crippen molar-refractivity contribution in [3.8, 4) is 5.75 Å². The van der Waals surface area contributed by atoms with E-state index < -0.39 is 11.4 Å². The van der Waals surface area contributed by atoms with Crippen LogP contribution in [0.2, 0.25) is 5.02 Å². The summed E-state index contributed by atoms with van der Waals surface area (Å²) in [5, 5.41) is 0.580. The van der Waals surface area contributed by atoms with Crippen molar-refractivity contribution in [3.63, 3.8) is 0 Å². The molecule has 3 aromatic rings. The van der Waals surface area contributed by atoms with Crippen molar-refractivity contribution in [1.82, 2.24) is 4.57 Å². The minimum Gasteiger partial charge on any atom is -0.492 e. The Morgan fingerprint density at radius 3 is 2.61 bits per heavy atom. The van der Waals surface area contributed by atoms with E-state index in [1.165, 1.54) is 4.57 Å². The molecule has 0 aliphatic carbocycles. The molecule has 2 aromatic carbocycles. The number of hydrogen-bond donors (Lipinski definition) is 0. The number of para-hydroxylation sites is 1. The molecule has 0 aliphatic rings. The first-order chi connectivity index (χ1) is 11.1. The Hall–Kier alpha value is -2.05. The molecule has 1 aromatic heterocycles. The van der Waals surface area contributed by atoms with Gasteiger partial charge in [0.2, 0.25) is 0 Å². The maximum absolute atomic E-state index is 12.0. The summed E-state index contributed by atoms with van der Waals surface area (Å²) in [6.07, 6.45) is 0. The van der Waals surface area contributed by atoms with Crippen molar-refractivity contribution < 1.29 is 9.15 Å². The van der Waals surface area contributed by atoms with Crippen molar-refractivity contribution in [2.24, 2.45) is 0 Å². The molecule has 1 heterocycles. The van der Waals surface area contributed by atoms with E-state index >= 15 is 0 Å². The zero-order valence-electron chi connectivity index (χ0n) is 11.8. The van der Waals surface area contributed by atoms with E-state index in [2.05, 4.69) is 15.9 Å². The molecule has 3 rings (SSSR count). The Bertz CT molecular complexity index is 962. The zero-order valence-corrected chi connectivity index (χ0v) is 14.1. The summed E-state index contributed by atoms with van der Waals surface area (Å²) in [6, 6.07) is 12.2. The highest BCUT2D eigenvalue weighted by atomic mass is 79.9. The fourth-order valence-electron chi connectivity index (χ4n) is 2.22. The van der Waals surface area contributed by atoms with E-state index in [1.807, 2.05) is 24.3 Å². The highest BCUT2D eigenvalue weighted by molar-refractivity contribution is 9.10. The Balaban J connectivity index is 1.89. The van der Waals surface area contributed by atoms with Crippen LogP contribution in [-0.4, -0.2) is 11.2 Å². The first-order valence-electron chi connectivity index (χ1n) is 6.77. The number of fused-ring (bicyclic) bond motifs is 1. The van der Waals surface area contributed by atoms with Gasteiger partial charge in [-0.05, 0) is 36.4 Å². The van der Waals surface area contributed by atoms with Crippen LogP contribution in [0.15, 0.2) is 60.9 Å². The second-order valence-corrected chi connectivity index (χ2v) is 6.07. The van der Waals surface area contributed by atoms with E-state index in [4.69, 9.17) is 20.8 Å². The molecule has 0 unspecified atom stereocenters. The Labute approximate surface area is 144 Å². The topological polar surface area (TPSA) is 61.4 Å². The molecule has 0 amide bonds. The van der Waals surface area contributed by atoms with Gasteiger partial charge < -0.3 is 9.15 Å².